The van der Waals surface area contributed by atoms with E-state index >= 15 is 0 Å². The van der Waals surface area contributed by atoms with E-state index in [9.17, 15) is 32.8 Å². The molecule has 1 saturated heterocycles. The summed E-state index contributed by atoms with van der Waals surface area (Å²) in [6, 6.07) is 9.12. The minimum atomic E-state index is -4.64. The molecule has 5 atom stereocenters. The number of rotatable bonds is 10. The molecular weight excluding hydrogens is 495 g/mol. The molecule has 0 aliphatic carbocycles. The van der Waals surface area contributed by atoms with E-state index in [-0.39, 0.29) is 54.9 Å². The Balaban J connectivity index is 0.00000432. The molecule has 1 aromatic heterocycles. The second-order valence-corrected chi connectivity index (χ2v) is 9.45. The first-order valence-corrected chi connectivity index (χ1v) is 12.1. The van der Waals surface area contributed by atoms with Crippen LogP contribution in [-0.4, -0.2) is 92.2 Å². The number of hydrogen-bond donors (Lipinski definition) is 3. The van der Waals surface area contributed by atoms with E-state index in [1.54, 1.807) is 0 Å². The van der Waals surface area contributed by atoms with Crippen LogP contribution in [-0.2, 0) is 37.7 Å². The topological polar surface area (TPSA) is 167 Å². The van der Waals surface area contributed by atoms with Gasteiger partial charge >= 0.3 is 35.2 Å². The normalized spacial score (nSPS) is 23.1. The fourth-order valence-electron chi connectivity index (χ4n) is 3.68. The van der Waals surface area contributed by atoms with Gasteiger partial charge < -0.3 is 24.4 Å². The molecule has 14 heteroatoms. The SMILES string of the molecule is CCC(OC1C(O)[C@H](CO)O[C@@H]1n1cc(C)c(=O)n(COCc2ccccc2)c1=O)S(=O)(=O)O.[NaH]. The number of aliphatic hydroxyl groups excluding tert-OH is 2. The quantitative estimate of drug-likeness (QED) is 0.262. The van der Waals surface area contributed by atoms with Crippen LogP contribution >= 0.6 is 0 Å². The van der Waals surface area contributed by atoms with Crippen LogP contribution in [0.2, 0.25) is 0 Å². The Labute approximate surface area is 224 Å². The molecule has 2 heterocycles. The van der Waals surface area contributed by atoms with Crippen LogP contribution < -0.4 is 11.2 Å². The van der Waals surface area contributed by atoms with E-state index in [1.807, 2.05) is 30.3 Å². The van der Waals surface area contributed by atoms with Crippen molar-refractivity contribution in [2.24, 2.45) is 0 Å². The molecule has 1 aliphatic rings. The van der Waals surface area contributed by atoms with Gasteiger partial charge in [0.1, 0.15) is 25.0 Å². The van der Waals surface area contributed by atoms with Gasteiger partial charge in [-0.25, -0.2) is 9.36 Å². The summed E-state index contributed by atoms with van der Waals surface area (Å²) in [5.41, 5.74) is -2.18. The van der Waals surface area contributed by atoms with Crippen LogP contribution in [0.3, 0.4) is 0 Å². The molecule has 1 aliphatic heterocycles. The minimum absolute atomic E-state index is 0. The maximum atomic E-state index is 13.2. The van der Waals surface area contributed by atoms with Crippen LogP contribution in [0.1, 0.15) is 30.7 Å². The number of nitrogens with zero attached hydrogens (tertiary/aromatic N) is 2. The average molecular weight is 525 g/mol. The molecule has 0 saturated carbocycles. The molecule has 190 valence electrons. The summed E-state index contributed by atoms with van der Waals surface area (Å²) in [5, 5.41) is 20.1. The third kappa shape index (κ3) is 6.89. The van der Waals surface area contributed by atoms with Crippen molar-refractivity contribution in [1.82, 2.24) is 9.13 Å². The van der Waals surface area contributed by atoms with Gasteiger partial charge in [0.05, 0.1) is 13.2 Å². The monoisotopic (exact) mass is 524 g/mol. The van der Waals surface area contributed by atoms with Crippen molar-refractivity contribution in [1.29, 1.82) is 0 Å². The van der Waals surface area contributed by atoms with Gasteiger partial charge in [-0.3, -0.25) is 13.9 Å². The second kappa shape index (κ2) is 12.7. The summed E-state index contributed by atoms with van der Waals surface area (Å²) < 4.78 is 51.1. The van der Waals surface area contributed by atoms with Crippen LogP contribution in [0.4, 0.5) is 0 Å². The number of aryl methyl sites for hydroxylation is 1. The molecular formula is C21H29N2NaO10S. The van der Waals surface area contributed by atoms with Crippen molar-refractivity contribution in [3.63, 3.8) is 0 Å². The zero-order valence-electron chi connectivity index (χ0n) is 18.7. The zero-order chi connectivity index (χ0) is 25.0. The van der Waals surface area contributed by atoms with E-state index in [0.717, 1.165) is 14.7 Å². The van der Waals surface area contributed by atoms with E-state index in [2.05, 4.69) is 0 Å². The Morgan fingerprint density at radius 1 is 1.20 bits per heavy atom. The van der Waals surface area contributed by atoms with Gasteiger partial charge in [0.2, 0.25) is 0 Å². The molecule has 3 rings (SSSR count). The number of ether oxygens (including phenoxy) is 3. The van der Waals surface area contributed by atoms with Gasteiger partial charge in [0, 0.05) is 11.8 Å². The molecule has 3 unspecified atom stereocenters. The van der Waals surface area contributed by atoms with Crippen molar-refractivity contribution in [2.75, 3.05) is 6.61 Å². The number of hydrogen-bond acceptors (Lipinski definition) is 9. The number of aromatic nitrogens is 2. The Hall–Kier alpha value is -1.39. The maximum absolute atomic E-state index is 13.2. The van der Waals surface area contributed by atoms with Gasteiger partial charge in [-0.2, -0.15) is 8.42 Å². The van der Waals surface area contributed by atoms with Gasteiger partial charge in [-0.05, 0) is 18.9 Å². The van der Waals surface area contributed by atoms with Gasteiger partial charge in [-0.15, -0.1) is 0 Å². The van der Waals surface area contributed by atoms with Crippen LogP contribution in [0.25, 0.3) is 0 Å². The molecule has 12 nitrogen and oxygen atoms in total. The van der Waals surface area contributed by atoms with Crippen molar-refractivity contribution in [2.45, 2.75) is 63.6 Å². The van der Waals surface area contributed by atoms with E-state index in [4.69, 9.17) is 14.2 Å². The summed E-state index contributed by atoms with van der Waals surface area (Å²) in [4.78, 5) is 25.8. The average Bonchev–Trinajstić information content (AvgIpc) is 3.11. The standard InChI is InChI=1S/C21H28N2O10S.Na.H/c1-3-16(34(28,29)30)33-18-17(25)15(10-24)32-20(18)22-9-13(2)19(26)23(21(22)27)12-31-11-14-7-5-4-6-8-14;;/h4-9,15-18,20,24-25H,3,10-12H2,1-2H3,(H,28,29,30);;/t15-,16?,17?,18?,20-;;/m0../s1. The summed E-state index contributed by atoms with van der Waals surface area (Å²) in [6.45, 7) is 2.03. The second-order valence-electron chi connectivity index (χ2n) is 7.89. The molecule has 0 amide bonds. The van der Waals surface area contributed by atoms with Gasteiger partial charge in [-0.1, -0.05) is 37.3 Å². The van der Waals surface area contributed by atoms with Crippen molar-refractivity contribution >= 4 is 39.7 Å². The first-order valence-electron chi connectivity index (χ1n) is 10.6. The van der Waals surface area contributed by atoms with Crippen molar-refractivity contribution in [3.8, 4) is 0 Å². The summed E-state index contributed by atoms with van der Waals surface area (Å²) >= 11 is 0. The van der Waals surface area contributed by atoms with Crippen molar-refractivity contribution < 1.29 is 37.4 Å². The van der Waals surface area contributed by atoms with E-state index < -0.39 is 57.9 Å². The Morgan fingerprint density at radius 2 is 1.86 bits per heavy atom. The Kier molecular flexibility index (Phi) is 10.8. The number of aliphatic hydroxyl groups is 2. The van der Waals surface area contributed by atoms with Crippen LogP contribution in [0, 0.1) is 6.92 Å². The molecule has 1 fully saturated rings. The molecule has 1 aromatic carbocycles. The third-order valence-corrected chi connectivity index (χ3v) is 6.55. The molecule has 3 N–H and O–H groups in total. The summed E-state index contributed by atoms with van der Waals surface area (Å²) in [5.74, 6) is 0. The summed E-state index contributed by atoms with van der Waals surface area (Å²) in [7, 11) is -4.64. The zero-order valence-corrected chi connectivity index (χ0v) is 19.5. The van der Waals surface area contributed by atoms with Crippen molar-refractivity contribution in [3.05, 3.63) is 68.5 Å². The van der Waals surface area contributed by atoms with Gasteiger partial charge in [0.15, 0.2) is 11.7 Å². The molecule has 0 bridgehead atoms. The molecule has 2 aromatic rings. The van der Waals surface area contributed by atoms with Gasteiger partial charge in [0.25, 0.3) is 15.7 Å². The predicted molar refractivity (Wildman–Crippen MR) is 126 cm³/mol. The fraction of sp³-hybridized carbons (Fsp3) is 0.524. The first-order chi connectivity index (χ1) is 16.1. The fourth-order valence-corrected chi connectivity index (χ4v) is 4.37. The Morgan fingerprint density at radius 3 is 2.43 bits per heavy atom. The third-order valence-electron chi connectivity index (χ3n) is 5.44. The summed E-state index contributed by atoms with van der Waals surface area (Å²) in [6.07, 6.45) is -4.52. The van der Waals surface area contributed by atoms with Crippen LogP contribution in [0.15, 0.2) is 46.1 Å². The first kappa shape index (κ1) is 29.8. The predicted octanol–water partition coefficient (Wildman–Crippen LogP) is -0.896. The van der Waals surface area contributed by atoms with E-state index in [1.165, 1.54) is 20.0 Å². The number of benzene rings is 1. The molecule has 35 heavy (non-hydrogen) atoms. The molecule has 0 spiro atoms. The molecule has 0 radical (unpaired) electrons. The Bertz CT molecular complexity index is 1200. The van der Waals surface area contributed by atoms with E-state index in [0.29, 0.717) is 0 Å². The van der Waals surface area contributed by atoms with Crippen LogP contribution in [0.5, 0.6) is 0 Å².